The van der Waals surface area contributed by atoms with E-state index in [-0.39, 0.29) is 24.1 Å². The zero-order valence-electron chi connectivity index (χ0n) is 14.8. The molecule has 0 bridgehead atoms. The fourth-order valence-electron chi connectivity index (χ4n) is 3.39. The van der Waals surface area contributed by atoms with E-state index in [4.69, 9.17) is 0 Å². The molecule has 2 aromatic rings. The van der Waals surface area contributed by atoms with E-state index in [9.17, 15) is 9.90 Å². The highest BCUT2D eigenvalue weighted by Crippen LogP contribution is 2.20. The lowest BCUT2D eigenvalue weighted by Gasteiger charge is -2.24. The molecule has 1 aromatic heterocycles. The Hall–Kier alpha value is -2.18. The Morgan fingerprint density at radius 1 is 1.32 bits per heavy atom. The molecule has 0 aliphatic carbocycles. The van der Waals surface area contributed by atoms with E-state index in [0.717, 1.165) is 6.54 Å². The van der Waals surface area contributed by atoms with Crippen LogP contribution in [0.1, 0.15) is 42.4 Å². The second-order valence-electron chi connectivity index (χ2n) is 6.92. The minimum atomic E-state index is -0.341. The van der Waals surface area contributed by atoms with Gasteiger partial charge in [-0.2, -0.15) is 5.10 Å². The summed E-state index contributed by atoms with van der Waals surface area (Å²) in [5, 5.41) is 17.3. The highest BCUT2D eigenvalue weighted by atomic mass is 16.3. The summed E-state index contributed by atoms with van der Waals surface area (Å²) in [5.74, 6) is -0.118. The first kappa shape index (κ1) is 17.6. The Labute approximate surface area is 148 Å². The first-order valence-electron chi connectivity index (χ1n) is 8.82. The predicted octanol–water partition coefficient (Wildman–Crippen LogP) is 1.83. The summed E-state index contributed by atoms with van der Waals surface area (Å²) < 4.78 is 1.72. The Kier molecular flexibility index (Phi) is 5.50. The van der Waals surface area contributed by atoms with Crippen LogP contribution in [0.25, 0.3) is 0 Å². The Bertz CT molecular complexity index is 698. The molecule has 2 atom stereocenters. The number of likely N-dealkylation sites (tertiary alicyclic amines) is 1. The summed E-state index contributed by atoms with van der Waals surface area (Å²) in [5.41, 5.74) is 1.79. The van der Waals surface area contributed by atoms with Gasteiger partial charge in [0.05, 0.1) is 6.10 Å². The lowest BCUT2D eigenvalue weighted by Crippen LogP contribution is -2.40. The van der Waals surface area contributed by atoms with E-state index >= 15 is 0 Å². The Morgan fingerprint density at radius 2 is 2.08 bits per heavy atom. The molecule has 6 heteroatoms. The number of benzene rings is 1. The molecule has 3 rings (SSSR count). The number of nitrogens with one attached hydrogen (secondary N) is 1. The third-order valence-electron chi connectivity index (χ3n) is 4.62. The number of rotatable bonds is 6. The number of β-amino-alcohol motifs (C(OH)–C–C–N with tert-alkyl or cyclic N) is 1. The van der Waals surface area contributed by atoms with Crippen LogP contribution < -0.4 is 5.32 Å². The van der Waals surface area contributed by atoms with Crippen LogP contribution in [0.15, 0.2) is 42.6 Å². The van der Waals surface area contributed by atoms with E-state index in [1.54, 1.807) is 16.9 Å². The van der Waals surface area contributed by atoms with Crippen LogP contribution in [0, 0.1) is 0 Å². The molecule has 1 aliphatic rings. The van der Waals surface area contributed by atoms with Crippen LogP contribution in [0.4, 0.5) is 0 Å². The maximum atomic E-state index is 12.5. The molecule has 25 heavy (non-hydrogen) atoms. The van der Waals surface area contributed by atoms with Gasteiger partial charge in [-0.3, -0.25) is 14.4 Å². The minimum Gasteiger partial charge on any atom is -0.392 e. The first-order chi connectivity index (χ1) is 12.0. The number of carbonyl (C=O) groups is 1. The minimum absolute atomic E-state index is 0.118. The second kappa shape index (κ2) is 7.80. The van der Waals surface area contributed by atoms with E-state index in [2.05, 4.69) is 27.4 Å². The van der Waals surface area contributed by atoms with Crippen molar-refractivity contribution in [1.82, 2.24) is 20.0 Å². The summed E-state index contributed by atoms with van der Waals surface area (Å²) in [6.45, 7) is 5.94. The van der Waals surface area contributed by atoms with Crippen LogP contribution in [-0.2, 0) is 6.54 Å². The molecule has 0 radical (unpaired) electrons. The quantitative estimate of drug-likeness (QED) is 0.840. The van der Waals surface area contributed by atoms with Crippen molar-refractivity contribution in [2.24, 2.45) is 0 Å². The highest BCUT2D eigenvalue weighted by molar-refractivity contribution is 5.92. The molecule has 2 N–H and O–H groups in total. The van der Waals surface area contributed by atoms with Crippen molar-refractivity contribution in [3.05, 3.63) is 53.9 Å². The molecule has 1 fully saturated rings. The van der Waals surface area contributed by atoms with Crippen molar-refractivity contribution in [3.8, 4) is 0 Å². The molecular formula is C19H26N4O2. The molecular weight excluding hydrogens is 316 g/mol. The van der Waals surface area contributed by atoms with Gasteiger partial charge in [-0.1, -0.05) is 30.3 Å². The number of aliphatic hydroxyl groups is 1. The van der Waals surface area contributed by atoms with Crippen molar-refractivity contribution in [1.29, 1.82) is 0 Å². The van der Waals surface area contributed by atoms with E-state index in [1.807, 2.05) is 32.0 Å². The van der Waals surface area contributed by atoms with Gasteiger partial charge in [-0.05, 0) is 31.9 Å². The van der Waals surface area contributed by atoms with Gasteiger partial charge in [0.25, 0.3) is 5.91 Å². The maximum absolute atomic E-state index is 12.5. The number of nitrogens with zero attached hydrogens (tertiary/aromatic N) is 3. The van der Waals surface area contributed by atoms with Gasteiger partial charge >= 0.3 is 0 Å². The molecule has 1 aliphatic heterocycles. The number of aromatic nitrogens is 2. The van der Waals surface area contributed by atoms with Crippen LogP contribution in [-0.4, -0.2) is 50.9 Å². The largest absolute Gasteiger partial charge is 0.392 e. The molecule has 2 heterocycles. The van der Waals surface area contributed by atoms with Crippen LogP contribution in [0.3, 0.4) is 0 Å². The zero-order chi connectivity index (χ0) is 17.8. The van der Waals surface area contributed by atoms with Gasteiger partial charge in [-0.25, -0.2) is 0 Å². The topological polar surface area (TPSA) is 70.4 Å². The average Bonchev–Trinajstić information content (AvgIpc) is 3.20. The first-order valence-corrected chi connectivity index (χ1v) is 8.82. The van der Waals surface area contributed by atoms with Gasteiger partial charge in [0, 0.05) is 37.9 Å². The Balaban J connectivity index is 1.60. The summed E-state index contributed by atoms with van der Waals surface area (Å²) in [6, 6.07) is 12.2. The molecule has 6 nitrogen and oxygen atoms in total. The summed E-state index contributed by atoms with van der Waals surface area (Å²) in [6.07, 6.45) is 1.98. The summed E-state index contributed by atoms with van der Waals surface area (Å²) in [7, 11) is 0. The summed E-state index contributed by atoms with van der Waals surface area (Å²) >= 11 is 0. The van der Waals surface area contributed by atoms with Crippen molar-refractivity contribution in [2.75, 3.05) is 13.1 Å². The number of hydrogen-bond donors (Lipinski definition) is 2. The SMILES string of the molecule is CC(C)n1nccc1C(=O)NCC1CC(O)CN1Cc1ccccc1. The summed E-state index contributed by atoms with van der Waals surface area (Å²) in [4.78, 5) is 14.7. The van der Waals surface area contributed by atoms with E-state index in [1.165, 1.54) is 5.56 Å². The average molecular weight is 342 g/mol. The van der Waals surface area contributed by atoms with Gasteiger partial charge in [0.1, 0.15) is 5.69 Å². The van der Waals surface area contributed by atoms with Crippen LogP contribution >= 0.6 is 0 Å². The second-order valence-corrected chi connectivity index (χ2v) is 6.92. The molecule has 1 aromatic carbocycles. The van der Waals surface area contributed by atoms with Gasteiger partial charge in [0.2, 0.25) is 0 Å². The van der Waals surface area contributed by atoms with Crippen LogP contribution in [0.5, 0.6) is 0 Å². The number of hydrogen-bond acceptors (Lipinski definition) is 4. The van der Waals surface area contributed by atoms with Crippen molar-refractivity contribution in [2.45, 2.75) is 45.0 Å². The smallest absolute Gasteiger partial charge is 0.269 e. The zero-order valence-corrected chi connectivity index (χ0v) is 14.8. The van der Waals surface area contributed by atoms with Gasteiger partial charge < -0.3 is 10.4 Å². The monoisotopic (exact) mass is 342 g/mol. The fourth-order valence-corrected chi connectivity index (χ4v) is 3.39. The van der Waals surface area contributed by atoms with Crippen LogP contribution in [0.2, 0.25) is 0 Å². The highest BCUT2D eigenvalue weighted by Gasteiger charge is 2.31. The van der Waals surface area contributed by atoms with Crippen molar-refractivity contribution < 1.29 is 9.90 Å². The number of aliphatic hydroxyl groups excluding tert-OH is 1. The van der Waals surface area contributed by atoms with Gasteiger partial charge in [0.15, 0.2) is 0 Å². The number of carbonyl (C=O) groups excluding carboxylic acids is 1. The molecule has 1 saturated heterocycles. The molecule has 0 spiro atoms. The van der Waals surface area contributed by atoms with Crippen molar-refractivity contribution >= 4 is 5.91 Å². The number of amides is 1. The molecule has 1 amide bonds. The molecule has 0 saturated carbocycles. The third-order valence-corrected chi connectivity index (χ3v) is 4.62. The van der Waals surface area contributed by atoms with E-state index in [0.29, 0.717) is 25.2 Å². The normalized spacial score (nSPS) is 21.0. The predicted molar refractivity (Wildman–Crippen MR) is 96.2 cm³/mol. The van der Waals surface area contributed by atoms with Gasteiger partial charge in [-0.15, -0.1) is 0 Å². The molecule has 134 valence electrons. The maximum Gasteiger partial charge on any atom is 0.269 e. The standard InChI is InChI=1S/C19H26N4O2/c1-14(2)23-18(8-9-21-23)19(25)20-11-16-10-17(24)13-22(16)12-15-6-4-3-5-7-15/h3-9,14,16-17,24H,10-13H2,1-2H3,(H,20,25). The molecule has 2 unspecified atom stereocenters. The lowest BCUT2D eigenvalue weighted by atomic mass is 10.1. The van der Waals surface area contributed by atoms with Crippen molar-refractivity contribution in [3.63, 3.8) is 0 Å². The fraction of sp³-hybridized carbons (Fsp3) is 0.474. The lowest BCUT2D eigenvalue weighted by molar-refractivity contribution is 0.0927. The third kappa shape index (κ3) is 4.27. The Morgan fingerprint density at radius 3 is 2.80 bits per heavy atom. The van der Waals surface area contributed by atoms with E-state index < -0.39 is 0 Å².